The molecule has 0 radical (unpaired) electrons. The van der Waals surface area contributed by atoms with Gasteiger partial charge in [0.25, 0.3) is 0 Å². The van der Waals surface area contributed by atoms with E-state index in [1.807, 2.05) is 6.92 Å². The molecular formula is C14H26N2O3. The van der Waals surface area contributed by atoms with Gasteiger partial charge >= 0.3 is 5.97 Å². The van der Waals surface area contributed by atoms with E-state index in [9.17, 15) is 9.59 Å². The molecule has 0 heterocycles. The first kappa shape index (κ1) is 16.0. The van der Waals surface area contributed by atoms with E-state index in [1.165, 1.54) is 12.8 Å². The minimum Gasteiger partial charge on any atom is -0.466 e. The Kier molecular flexibility index (Phi) is 7.48. The minimum atomic E-state index is -0.206. The van der Waals surface area contributed by atoms with E-state index >= 15 is 0 Å². The van der Waals surface area contributed by atoms with Crippen molar-refractivity contribution >= 4 is 11.9 Å². The van der Waals surface area contributed by atoms with Crippen molar-refractivity contribution in [2.45, 2.75) is 64.5 Å². The summed E-state index contributed by atoms with van der Waals surface area (Å²) in [6.07, 6.45) is 5.72. The van der Waals surface area contributed by atoms with Crippen LogP contribution in [0.3, 0.4) is 0 Å². The van der Waals surface area contributed by atoms with Crippen molar-refractivity contribution in [3.63, 3.8) is 0 Å². The van der Waals surface area contributed by atoms with E-state index in [0.29, 0.717) is 32.0 Å². The van der Waals surface area contributed by atoms with E-state index in [-0.39, 0.29) is 17.9 Å². The molecule has 1 aliphatic carbocycles. The van der Waals surface area contributed by atoms with Gasteiger partial charge in [0.1, 0.15) is 0 Å². The molecule has 2 N–H and O–H groups in total. The van der Waals surface area contributed by atoms with Crippen molar-refractivity contribution in [2.24, 2.45) is 0 Å². The molecule has 5 heteroatoms. The van der Waals surface area contributed by atoms with Crippen LogP contribution in [0.4, 0.5) is 0 Å². The van der Waals surface area contributed by atoms with Crippen LogP contribution in [-0.2, 0) is 14.3 Å². The van der Waals surface area contributed by atoms with Gasteiger partial charge in [-0.15, -0.1) is 0 Å². The Balaban J connectivity index is 2.07. The second-order valence-electron chi connectivity index (χ2n) is 5.07. The van der Waals surface area contributed by atoms with Gasteiger partial charge in [-0.1, -0.05) is 12.8 Å². The van der Waals surface area contributed by atoms with Crippen molar-refractivity contribution in [3.8, 4) is 0 Å². The molecule has 1 atom stereocenters. The Morgan fingerprint density at radius 1 is 1.32 bits per heavy atom. The molecule has 5 nitrogen and oxygen atoms in total. The van der Waals surface area contributed by atoms with Crippen LogP contribution in [0.1, 0.15) is 52.4 Å². The van der Waals surface area contributed by atoms with Crippen LogP contribution in [0, 0.1) is 0 Å². The van der Waals surface area contributed by atoms with Crippen molar-refractivity contribution in [3.05, 3.63) is 0 Å². The lowest BCUT2D eigenvalue weighted by Crippen LogP contribution is -2.45. The number of rotatable bonds is 8. The summed E-state index contributed by atoms with van der Waals surface area (Å²) in [7, 11) is 0. The predicted molar refractivity (Wildman–Crippen MR) is 73.7 cm³/mol. The van der Waals surface area contributed by atoms with Gasteiger partial charge in [-0.2, -0.15) is 0 Å². The summed E-state index contributed by atoms with van der Waals surface area (Å²) in [5, 5.41) is 6.19. The molecule has 0 aromatic rings. The van der Waals surface area contributed by atoms with Crippen LogP contribution in [0.2, 0.25) is 0 Å². The fourth-order valence-electron chi connectivity index (χ4n) is 2.27. The van der Waals surface area contributed by atoms with Gasteiger partial charge in [-0.05, 0) is 39.7 Å². The number of hydrogen-bond acceptors (Lipinski definition) is 4. The van der Waals surface area contributed by atoms with Crippen molar-refractivity contribution in [2.75, 3.05) is 13.2 Å². The lowest BCUT2D eigenvalue weighted by molar-refractivity contribution is -0.143. The molecular weight excluding hydrogens is 244 g/mol. The summed E-state index contributed by atoms with van der Waals surface area (Å²) in [5.41, 5.74) is 0. The molecule has 0 saturated heterocycles. The second kappa shape index (κ2) is 8.91. The third kappa shape index (κ3) is 6.57. The third-order valence-corrected chi connectivity index (χ3v) is 3.41. The Bertz CT molecular complexity index is 288. The highest BCUT2D eigenvalue weighted by Crippen LogP contribution is 2.17. The van der Waals surface area contributed by atoms with E-state index < -0.39 is 0 Å². The summed E-state index contributed by atoms with van der Waals surface area (Å²) in [5.74, 6) is -0.115. The fourth-order valence-corrected chi connectivity index (χ4v) is 2.27. The van der Waals surface area contributed by atoms with Gasteiger partial charge in [-0.25, -0.2) is 0 Å². The molecule has 0 bridgehead atoms. The maximum absolute atomic E-state index is 11.9. The summed E-state index contributed by atoms with van der Waals surface area (Å²) < 4.78 is 4.84. The van der Waals surface area contributed by atoms with E-state index in [1.54, 1.807) is 6.92 Å². The van der Waals surface area contributed by atoms with Gasteiger partial charge in [0.2, 0.25) is 5.91 Å². The van der Waals surface area contributed by atoms with Gasteiger partial charge in [0.15, 0.2) is 0 Å². The molecule has 1 saturated carbocycles. The number of carbonyl (C=O) groups excluding carboxylic acids is 2. The quantitative estimate of drug-likeness (QED) is 0.516. The maximum atomic E-state index is 11.9. The monoisotopic (exact) mass is 270 g/mol. The standard InChI is InChI=1S/C14H26N2O3/c1-3-19-13(17)9-6-10-15-11(2)14(18)16-12-7-4-5-8-12/h11-12,15H,3-10H2,1-2H3,(H,16,18). The number of nitrogens with one attached hydrogen (secondary N) is 2. The highest BCUT2D eigenvalue weighted by Gasteiger charge is 2.20. The normalized spacial score (nSPS) is 17.2. The summed E-state index contributed by atoms with van der Waals surface area (Å²) in [4.78, 5) is 23.0. The zero-order chi connectivity index (χ0) is 14.1. The van der Waals surface area contributed by atoms with Gasteiger partial charge in [-0.3, -0.25) is 9.59 Å². The van der Waals surface area contributed by atoms with Gasteiger partial charge in [0.05, 0.1) is 12.6 Å². The first-order valence-electron chi connectivity index (χ1n) is 7.33. The Morgan fingerprint density at radius 2 is 2.00 bits per heavy atom. The average molecular weight is 270 g/mol. The van der Waals surface area contributed by atoms with Crippen molar-refractivity contribution in [1.29, 1.82) is 0 Å². The van der Waals surface area contributed by atoms with E-state index in [4.69, 9.17) is 4.74 Å². The molecule has 0 aromatic carbocycles. The molecule has 19 heavy (non-hydrogen) atoms. The molecule has 110 valence electrons. The number of esters is 1. The Hall–Kier alpha value is -1.10. The lowest BCUT2D eigenvalue weighted by atomic mass is 10.2. The zero-order valence-corrected chi connectivity index (χ0v) is 12.0. The molecule has 1 unspecified atom stereocenters. The largest absolute Gasteiger partial charge is 0.466 e. The maximum Gasteiger partial charge on any atom is 0.305 e. The van der Waals surface area contributed by atoms with Crippen molar-refractivity contribution < 1.29 is 14.3 Å². The Labute approximate surface area is 115 Å². The van der Waals surface area contributed by atoms with Crippen LogP contribution in [0.25, 0.3) is 0 Å². The molecule has 1 fully saturated rings. The van der Waals surface area contributed by atoms with E-state index in [2.05, 4.69) is 10.6 Å². The Morgan fingerprint density at radius 3 is 2.63 bits per heavy atom. The molecule has 0 aromatic heterocycles. The van der Waals surface area contributed by atoms with E-state index in [0.717, 1.165) is 12.8 Å². The molecule has 0 aliphatic heterocycles. The zero-order valence-electron chi connectivity index (χ0n) is 12.0. The fraction of sp³-hybridized carbons (Fsp3) is 0.857. The molecule has 1 aliphatic rings. The highest BCUT2D eigenvalue weighted by molar-refractivity contribution is 5.81. The van der Waals surface area contributed by atoms with Crippen LogP contribution in [0.15, 0.2) is 0 Å². The number of amides is 1. The molecule has 1 amide bonds. The van der Waals surface area contributed by atoms with Crippen molar-refractivity contribution in [1.82, 2.24) is 10.6 Å². The smallest absolute Gasteiger partial charge is 0.305 e. The van der Waals surface area contributed by atoms with Gasteiger partial charge in [0, 0.05) is 12.5 Å². The third-order valence-electron chi connectivity index (χ3n) is 3.41. The summed E-state index contributed by atoms with van der Waals surface area (Å²) >= 11 is 0. The number of ether oxygens (including phenoxy) is 1. The average Bonchev–Trinajstić information content (AvgIpc) is 2.87. The molecule has 1 rings (SSSR count). The number of carbonyl (C=O) groups is 2. The molecule has 0 spiro atoms. The van der Waals surface area contributed by atoms with Gasteiger partial charge < -0.3 is 15.4 Å². The van der Waals surface area contributed by atoms with Crippen LogP contribution < -0.4 is 10.6 Å². The van der Waals surface area contributed by atoms with Crippen LogP contribution >= 0.6 is 0 Å². The highest BCUT2D eigenvalue weighted by atomic mass is 16.5. The summed E-state index contributed by atoms with van der Waals surface area (Å²) in [6.45, 7) is 4.73. The number of hydrogen-bond donors (Lipinski definition) is 2. The topological polar surface area (TPSA) is 67.4 Å². The minimum absolute atomic E-state index is 0.0584. The summed E-state index contributed by atoms with van der Waals surface area (Å²) in [6, 6.07) is 0.152. The predicted octanol–water partition coefficient (Wildman–Crippen LogP) is 1.37. The van der Waals surface area contributed by atoms with Crippen LogP contribution in [-0.4, -0.2) is 37.1 Å². The van der Waals surface area contributed by atoms with Crippen LogP contribution in [0.5, 0.6) is 0 Å². The first-order valence-corrected chi connectivity index (χ1v) is 7.33. The first-order chi connectivity index (χ1) is 9.13. The SMILES string of the molecule is CCOC(=O)CCCNC(C)C(=O)NC1CCCC1. The second-order valence-corrected chi connectivity index (χ2v) is 5.07. The lowest BCUT2D eigenvalue weighted by Gasteiger charge is -2.17.